The number of esters is 1. The Morgan fingerprint density at radius 2 is 2.12 bits per heavy atom. The highest BCUT2D eigenvalue weighted by atomic mass is 28.3. The first kappa shape index (κ1) is 15.4. The van der Waals surface area contributed by atoms with E-state index in [4.69, 9.17) is 4.74 Å². The number of hydrogen-bond donors (Lipinski definition) is 1. The van der Waals surface area contributed by atoms with Crippen molar-refractivity contribution in [2.24, 2.45) is 0 Å². The molecule has 0 spiro atoms. The maximum atomic E-state index is 11.0. The first-order chi connectivity index (χ1) is 7.45. The molecule has 3 nitrogen and oxygen atoms in total. The van der Waals surface area contributed by atoms with Gasteiger partial charge in [0.1, 0.15) is 0 Å². The van der Waals surface area contributed by atoms with E-state index in [-0.39, 0.29) is 5.97 Å². The smallest absolute Gasteiger partial charge is 0.329 e. The van der Waals surface area contributed by atoms with Crippen LogP contribution in [-0.4, -0.2) is 26.5 Å². The van der Waals surface area contributed by atoms with Gasteiger partial charge >= 0.3 is 5.97 Å². The van der Waals surface area contributed by atoms with Gasteiger partial charge in [0.25, 0.3) is 0 Å². The molecule has 0 fully saturated rings. The van der Waals surface area contributed by atoms with Crippen molar-refractivity contribution in [2.75, 3.05) is 6.23 Å². The van der Waals surface area contributed by atoms with Crippen LogP contribution < -0.4 is 4.98 Å². The fourth-order valence-electron chi connectivity index (χ4n) is 1.63. The van der Waals surface area contributed by atoms with Crippen molar-refractivity contribution in [1.82, 2.24) is 4.98 Å². The third-order valence-corrected chi connectivity index (χ3v) is 4.52. The molecule has 0 radical (unpaired) electrons. The zero-order valence-electron chi connectivity index (χ0n) is 11.0. The fourth-order valence-corrected chi connectivity index (χ4v) is 3.67. The average Bonchev–Trinajstić information content (AvgIpc) is 2.25. The molecule has 94 valence electrons. The predicted octanol–water partition coefficient (Wildman–Crippen LogP) is 2.63. The van der Waals surface area contributed by atoms with Crippen molar-refractivity contribution in [3.05, 3.63) is 12.7 Å². The minimum atomic E-state index is -1.64. The van der Waals surface area contributed by atoms with Crippen LogP contribution in [0.1, 0.15) is 33.1 Å². The lowest BCUT2D eigenvalue weighted by molar-refractivity contribution is -0.136. The van der Waals surface area contributed by atoms with Gasteiger partial charge < -0.3 is 9.72 Å². The minimum absolute atomic E-state index is 0.328. The Labute approximate surface area is 100 Å². The van der Waals surface area contributed by atoms with Crippen molar-refractivity contribution >= 4 is 14.2 Å². The first-order valence-electron chi connectivity index (χ1n) is 6.02. The quantitative estimate of drug-likeness (QED) is 0.404. The van der Waals surface area contributed by atoms with Gasteiger partial charge in [0.05, 0.1) is 6.23 Å². The topological polar surface area (TPSA) is 38.3 Å². The molecule has 0 rings (SSSR count). The third kappa shape index (κ3) is 6.79. The standard InChI is InChI=1S/C12H25NO2Si/c1-6-9-11(7-2)13-16(4,5)10-15-12(14)8-3/h8,11,13H,3,6-7,9-10H2,1-2,4-5H3. The Balaban J connectivity index is 4.09. The van der Waals surface area contributed by atoms with E-state index in [1.807, 2.05) is 0 Å². The minimum Gasteiger partial charge on any atom is -0.465 e. The van der Waals surface area contributed by atoms with Gasteiger partial charge in [-0.1, -0.05) is 39.9 Å². The molecule has 1 N–H and O–H groups in total. The second kappa shape index (κ2) is 7.63. The SMILES string of the molecule is C=CC(=O)OC[Si](C)(C)NC(CC)CCC. The molecular formula is C12H25NO2Si. The summed E-state index contributed by atoms with van der Waals surface area (Å²) in [5.41, 5.74) is 0. The number of ether oxygens (including phenoxy) is 1. The summed E-state index contributed by atoms with van der Waals surface area (Å²) >= 11 is 0. The molecular weight excluding hydrogens is 218 g/mol. The van der Waals surface area contributed by atoms with Gasteiger partial charge in [0, 0.05) is 12.1 Å². The second-order valence-corrected chi connectivity index (χ2v) is 9.08. The summed E-state index contributed by atoms with van der Waals surface area (Å²) in [6, 6.07) is 0.550. The second-order valence-electron chi connectivity index (χ2n) is 4.73. The fraction of sp³-hybridized carbons (Fsp3) is 0.750. The van der Waals surface area contributed by atoms with Crippen molar-refractivity contribution < 1.29 is 9.53 Å². The molecule has 0 aromatic heterocycles. The molecule has 0 aromatic rings. The van der Waals surface area contributed by atoms with Crippen LogP contribution in [0.25, 0.3) is 0 Å². The van der Waals surface area contributed by atoms with E-state index in [2.05, 4.69) is 38.5 Å². The van der Waals surface area contributed by atoms with Crippen molar-refractivity contribution in [3.8, 4) is 0 Å². The summed E-state index contributed by atoms with van der Waals surface area (Å²) in [4.78, 5) is 14.6. The third-order valence-electron chi connectivity index (χ3n) is 2.47. The summed E-state index contributed by atoms with van der Waals surface area (Å²) in [5.74, 6) is -0.328. The zero-order chi connectivity index (χ0) is 12.6. The van der Waals surface area contributed by atoms with E-state index < -0.39 is 8.24 Å². The molecule has 0 saturated heterocycles. The molecule has 0 bridgehead atoms. The Hall–Kier alpha value is -0.613. The molecule has 0 saturated carbocycles. The van der Waals surface area contributed by atoms with Crippen LogP contribution in [0.5, 0.6) is 0 Å². The molecule has 0 aliphatic carbocycles. The average molecular weight is 243 g/mol. The van der Waals surface area contributed by atoms with Gasteiger partial charge in [0.2, 0.25) is 0 Å². The van der Waals surface area contributed by atoms with Gasteiger partial charge in [-0.05, 0) is 12.8 Å². The molecule has 0 aliphatic heterocycles. The van der Waals surface area contributed by atoms with E-state index in [1.165, 1.54) is 18.9 Å². The van der Waals surface area contributed by atoms with Crippen LogP contribution >= 0.6 is 0 Å². The maximum Gasteiger partial charge on any atom is 0.329 e. The van der Waals surface area contributed by atoms with E-state index in [0.29, 0.717) is 12.3 Å². The van der Waals surface area contributed by atoms with Crippen LogP contribution in [0.3, 0.4) is 0 Å². The monoisotopic (exact) mass is 243 g/mol. The molecule has 4 heteroatoms. The Bertz CT molecular complexity index is 229. The van der Waals surface area contributed by atoms with Crippen molar-refractivity contribution in [3.63, 3.8) is 0 Å². The van der Waals surface area contributed by atoms with Gasteiger partial charge in [-0.15, -0.1) is 0 Å². The first-order valence-corrected chi connectivity index (χ1v) is 9.22. The Kier molecular flexibility index (Phi) is 7.33. The van der Waals surface area contributed by atoms with Crippen LogP contribution in [0.2, 0.25) is 13.1 Å². The van der Waals surface area contributed by atoms with Crippen LogP contribution in [0, 0.1) is 0 Å². The Morgan fingerprint density at radius 3 is 2.56 bits per heavy atom. The van der Waals surface area contributed by atoms with E-state index in [9.17, 15) is 4.79 Å². The van der Waals surface area contributed by atoms with Crippen LogP contribution in [0.4, 0.5) is 0 Å². The van der Waals surface area contributed by atoms with Gasteiger partial charge in [-0.3, -0.25) is 0 Å². The van der Waals surface area contributed by atoms with Gasteiger partial charge in [-0.2, -0.15) is 0 Å². The summed E-state index contributed by atoms with van der Waals surface area (Å²) in [6.45, 7) is 12.1. The van der Waals surface area contributed by atoms with E-state index >= 15 is 0 Å². The molecule has 0 heterocycles. The highest BCUT2D eigenvalue weighted by Crippen LogP contribution is 2.07. The maximum absolute atomic E-state index is 11.0. The lowest BCUT2D eigenvalue weighted by atomic mass is 10.1. The number of hydrogen-bond acceptors (Lipinski definition) is 3. The number of rotatable bonds is 8. The summed E-state index contributed by atoms with van der Waals surface area (Å²) in [7, 11) is -1.64. The summed E-state index contributed by atoms with van der Waals surface area (Å²) in [6.07, 6.45) is 5.22. The Morgan fingerprint density at radius 1 is 1.50 bits per heavy atom. The van der Waals surface area contributed by atoms with Gasteiger partial charge in [-0.25, -0.2) is 4.79 Å². The number of carbonyl (C=O) groups excluding carboxylic acids is 1. The highest BCUT2D eigenvalue weighted by molar-refractivity contribution is 6.75. The van der Waals surface area contributed by atoms with Crippen LogP contribution in [-0.2, 0) is 9.53 Å². The lowest BCUT2D eigenvalue weighted by Crippen LogP contribution is -2.54. The molecule has 0 aliphatic rings. The largest absolute Gasteiger partial charge is 0.465 e. The van der Waals surface area contributed by atoms with Gasteiger partial charge in [0.15, 0.2) is 8.24 Å². The van der Waals surface area contributed by atoms with Crippen LogP contribution in [0.15, 0.2) is 12.7 Å². The van der Waals surface area contributed by atoms with Crippen molar-refractivity contribution in [2.45, 2.75) is 52.2 Å². The molecule has 0 aromatic carbocycles. The summed E-state index contributed by atoms with van der Waals surface area (Å²) < 4.78 is 5.12. The molecule has 1 unspecified atom stereocenters. The lowest BCUT2D eigenvalue weighted by Gasteiger charge is -2.29. The van der Waals surface area contributed by atoms with Crippen molar-refractivity contribution in [1.29, 1.82) is 0 Å². The molecule has 1 atom stereocenters. The predicted molar refractivity (Wildman–Crippen MR) is 70.8 cm³/mol. The zero-order valence-corrected chi connectivity index (χ0v) is 12.0. The molecule has 16 heavy (non-hydrogen) atoms. The highest BCUT2D eigenvalue weighted by Gasteiger charge is 2.25. The number of nitrogens with one attached hydrogen (secondary N) is 1. The van der Waals surface area contributed by atoms with E-state index in [1.54, 1.807) is 0 Å². The van der Waals surface area contributed by atoms with E-state index in [0.717, 1.165) is 6.42 Å². The summed E-state index contributed by atoms with van der Waals surface area (Å²) in [5, 5.41) is 0. The normalized spacial score (nSPS) is 13.2. The number of carbonyl (C=O) groups is 1. The molecule has 0 amide bonds.